The van der Waals surface area contributed by atoms with Gasteiger partial charge in [0.25, 0.3) is 0 Å². The molecule has 1 aliphatic heterocycles. The first kappa shape index (κ1) is 16.1. The highest BCUT2D eigenvalue weighted by molar-refractivity contribution is 6.30. The Bertz CT molecular complexity index is 667. The van der Waals surface area contributed by atoms with Gasteiger partial charge in [0.2, 0.25) is 0 Å². The van der Waals surface area contributed by atoms with E-state index in [0.717, 1.165) is 5.56 Å². The van der Waals surface area contributed by atoms with E-state index in [4.69, 9.17) is 16.3 Å². The van der Waals surface area contributed by atoms with Gasteiger partial charge in [-0.15, -0.1) is 0 Å². The lowest BCUT2D eigenvalue weighted by molar-refractivity contribution is 0.0397. The molecular weight excluding hydrogens is 300 g/mol. The molecule has 0 unspecified atom stereocenters. The minimum absolute atomic E-state index is 0.0781. The number of allylic oxidation sites excluding steroid dienone is 2. The highest BCUT2D eigenvalue weighted by atomic mass is 35.5. The Morgan fingerprint density at radius 2 is 1.95 bits per heavy atom. The number of nitriles is 1. The summed E-state index contributed by atoms with van der Waals surface area (Å²) in [6, 6.07) is 7.35. The van der Waals surface area contributed by atoms with Gasteiger partial charge < -0.3 is 4.74 Å². The molecule has 1 aliphatic rings. The SMILES string of the molecule is CC(C)(C)OC(=O)N1C=CC(c2ccc(Cl)cc2C#N)C=C1. The molecule has 0 saturated carbocycles. The van der Waals surface area contributed by atoms with Crippen LogP contribution in [-0.2, 0) is 4.74 Å². The number of benzene rings is 1. The van der Waals surface area contributed by atoms with E-state index in [1.165, 1.54) is 4.90 Å². The molecule has 1 amide bonds. The molecule has 0 bridgehead atoms. The van der Waals surface area contributed by atoms with Crippen LogP contribution in [0.4, 0.5) is 4.79 Å². The summed E-state index contributed by atoms with van der Waals surface area (Å²) in [6.45, 7) is 5.45. The van der Waals surface area contributed by atoms with Crippen LogP contribution in [0.1, 0.15) is 37.8 Å². The fraction of sp³-hybridized carbons (Fsp3) is 0.294. The third-order valence-electron chi connectivity index (χ3n) is 3.01. The van der Waals surface area contributed by atoms with Crippen molar-refractivity contribution in [2.45, 2.75) is 32.3 Å². The largest absolute Gasteiger partial charge is 0.443 e. The molecular formula is C17H17ClN2O2. The minimum atomic E-state index is -0.542. The van der Waals surface area contributed by atoms with E-state index < -0.39 is 11.7 Å². The molecule has 0 saturated heterocycles. The summed E-state index contributed by atoms with van der Waals surface area (Å²) in [7, 11) is 0. The van der Waals surface area contributed by atoms with Gasteiger partial charge in [-0.25, -0.2) is 4.79 Å². The van der Waals surface area contributed by atoms with Crippen LogP contribution in [-0.4, -0.2) is 16.6 Å². The summed E-state index contributed by atoms with van der Waals surface area (Å²) in [5.41, 5.74) is 0.834. The van der Waals surface area contributed by atoms with Crippen LogP contribution in [0, 0.1) is 11.3 Å². The average Bonchev–Trinajstić information content (AvgIpc) is 2.45. The third kappa shape index (κ3) is 3.90. The fourth-order valence-corrected chi connectivity index (χ4v) is 2.22. The zero-order valence-corrected chi connectivity index (χ0v) is 13.5. The van der Waals surface area contributed by atoms with Crippen molar-refractivity contribution < 1.29 is 9.53 Å². The molecule has 114 valence electrons. The lowest BCUT2D eigenvalue weighted by atomic mass is 9.93. The number of hydrogen-bond donors (Lipinski definition) is 0. The van der Waals surface area contributed by atoms with Gasteiger partial charge in [-0.2, -0.15) is 5.26 Å². The Morgan fingerprint density at radius 3 is 2.50 bits per heavy atom. The number of rotatable bonds is 1. The van der Waals surface area contributed by atoms with Crippen LogP contribution in [0.5, 0.6) is 0 Å². The maximum absolute atomic E-state index is 12.0. The first-order valence-electron chi connectivity index (χ1n) is 6.88. The van der Waals surface area contributed by atoms with Crippen molar-refractivity contribution in [2.75, 3.05) is 0 Å². The molecule has 0 aliphatic carbocycles. The predicted molar refractivity (Wildman–Crippen MR) is 85.3 cm³/mol. The van der Waals surface area contributed by atoms with Crippen molar-refractivity contribution in [1.29, 1.82) is 5.26 Å². The first-order valence-corrected chi connectivity index (χ1v) is 7.25. The molecule has 0 atom stereocenters. The summed E-state index contributed by atoms with van der Waals surface area (Å²) in [5.74, 6) is -0.0781. The summed E-state index contributed by atoms with van der Waals surface area (Å²) >= 11 is 5.90. The Kier molecular flexibility index (Phi) is 4.58. The number of amides is 1. The van der Waals surface area contributed by atoms with E-state index in [0.29, 0.717) is 10.6 Å². The number of nitrogens with zero attached hydrogens (tertiary/aromatic N) is 2. The zero-order valence-electron chi connectivity index (χ0n) is 12.7. The molecule has 22 heavy (non-hydrogen) atoms. The highest BCUT2D eigenvalue weighted by Gasteiger charge is 2.22. The Labute approximate surface area is 135 Å². The molecule has 1 aromatic rings. The molecule has 1 heterocycles. The summed E-state index contributed by atoms with van der Waals surface area (Å²) in [4.78, 5) is 13.3. The molecule has 0 spiro atoms. The number of carbonyl (C=O) groups is 1. The molecule has 4 nitrogen and oxygen atoms in total. The topological polar surface area (TPSA) is 53.3 Å². The van der Waals surface area contributed by atoms with E-state index in [2.05, 4.69) is 6.07 Å². The first-order chi connectivity index (χ1) is 10.3. The smallest absolute Gasteiger partial charge is 0.418 e. The second kappa shape index (κ2) is 6.25. The van der Waals surface area contributed by atoms with E-state index in [1.54, 1.807) is 24.5 Å². The second-order valence-corrected chi connectivity index (χ2v) is 6.38. The Morgan fingerprint density at radius 1 is 1.32 bits per heavy atom. The number of hydrogen-bond acceptors (Lipinski definition) is 3. The Hall–Kier alpha value is -2.25. The molecule has 0 N–H and O–H groups in total. The molecule has 0 radical (unpaired) electrons. The van der Waals surface area contributed by atoms with Crippen LogP contribution in [0.3, 0.4) is 0 Å². The summed E-state index contributed by atoms with van der Waals surface area (Å²) in [5, 5.41) is 9.73. The number of ether oxygens (including phenoxy) is 1. The lowest BCUT2D eigenvalue weighted by Crippen LogP contribution is -2.31. The van der Waals surface area contributed by atoms with Crippen molar-refractivity contribution in [2.24, 2.45) is 0 Å². The van der Waals surface area contributed by atoms with Crippen molar-refractivity contribution in [3.63, 3.8) is 0 Å². The lowest BCUT2D eigenvalue weighted by Gasteiger charge is -2.25. The molecule has 2 rings (SSSR count). The van der Waals surface area contributed by atoms with Crippen molar-refractivity contribution in [1.82, 2.24) is 4.90 Å². The number of halogens is 1. The van der Waals surface area contributed by atoms with Gasteiger partial charge >= 0.3 is 6.09 Å². The van der Waals surface area contributed by atoms with Crippen LogP contribution in [0.15, 0.2) is 42.8 Å². The van der Waals surface area contributed by atoms with E-state index in [-0.39, 0.29) is 5.92 Å². The maximum Gasteiger partial charge on any atom is 0.418 e. The van der Waals surface area contributed by atoms with Crippen LogP contribution in [0.25, 0.3) is 0 Å². The van der Waals surface area contributed by atoms with Gasteiger partial charge in [0, 0.05) is 23.3 Å². The van der Waals surface area contributed by atoms with Crippen LogP contribution >= 0.6 is 11.6 Å². The van der Waals surface area contributed by atoms with Gasteiger partial charge in [0.15, 0.2) is 0 Å². The summed E-state index contributed by atoms with van der Waals surface area (Å²) in [6.07, 6.45) is 6.54. The van der Waals surface area contributed by atoms with Gasteiger partial charge in [0.05, 0.1) is 11.6 Å². The molecule has 1 aromatic carbocycles. The third-order valence-corrected chi connectivity index (χ3v) is 3.24. The van der Waals surface area contributed by atoms with E-state index in [1.807, 2.05) is 39.0 Å². The van der Waals surface area contributed by atoms with E-state index in [9.17, 15) is 10.1 Å². The zero-order chi connectivity index (χ0) is 16.3. The van der Waals surface area contributed by atoms with Crippen LogP contribution < -0.4 is 0 Å². The molecule has 5 heteroatoms. The standard InChI is InChI=1S/C17H17ClN2O2/c1-17(2,3)22-16(21)20-8-6-12(7-9-20)15-5-4-14(18)10-13(15)11-19/h4-10,12H,1-3H3. The molecule has 0 fully saturated rings. The minimum Gasteiger partial charge on any atom is -0.443 e. The van der Waals surface area contributed by atoms with Crippen LogP contribution in [0.2, 0.25) is 5.02 Å². The summed E-state index contributed by atoms with van der Waals surface area (Å²) < 4.78 is 5.29. The fourth-order valence-electron chi connectivity index (χ4n) is 2.04. The van der Waals surface area contributed by atoms with Crippen molar-refractivity contribution >= 4 is 17.7 Å². The van der Waals surface area contributed by atoms with Gasteiger partial charge in [-0.05, 0) is 38.5 Å². The Balaban J connectivity index is 2.15. The van der Waals surface area contributed by atoms with Gasteiger partial charge in [-0.3, -0.25) is 4.90 Å². The van der Waals surface area contributed by atoms with E-state index >= 15 is 0 Å². The van der Waals surface area contributed by atoms with Gasteiger partial charge in [0.1, 0.15) is 5.60 Å². The maximum atomic E-state index is 12.0. The van der Waals surface area contributed by atoms with Gasteiger partial charge in [-0.1, -0.05) is 29.8 Å². The predicted octanol–water partition coefficient (Wildman–Crippen LogP) is 4.57. The average molecular weight is 317 g/mol. The number of carbonyl (C=O) groups excluding carboxylic acids is 1. The van der Waals surface area contributed by atoms with Crippen molar-refractivity contribution in [3.05, 3.63) is 58.9 Å². The second-order valence-electron chi connectivity index (χ2n) is 5.94. The normalized spacial score (nSPS) is 14.8. The highest BCUT2D eigenvalue weighted by Crippen LogP contribution is 2.28. The molecule has 0 aromatic heterocycles. The quantitative estimate of drug-likeness (QED) is 0.762. The van der Waals surface area contributed by atoms with Crippen molar-refractivity contribution in [3.8, 4) is 6.07 Å². The monoisotopic (exact) mass is 316 g/mol.